The first-order valence-electron chi connectivity index (χ1n) is 23.6. The molecule has 2 unspecified atom stereocenters. The Hall–Kier alpha value is -1.54. The molecule has 0 aromatic carbocycles. The fourth-order valence-electron chi connectivity index (χ4n) is 7.47. The van der Waals surface area contributed by atoms with Gasteiger partial charge in [0, 0.05) is 17.7 Å². The number of nitrogens with zero attached hydrogens (tertiary/aromatic N) is 1. The van der Waals surface area contributed by atoms with Crippen LogP contribution in [-0.2, 0) is 19.1 Å². The number of ether oxygens (including phenoxy) is 1. The molecule has 0 aromatic rings. The number of likely N-dealkylation sites (tertiary alicyclic amines) is 1. The molecule has 1 saturated heterocycles. The Morgan fingerprint density at radius 2 is 1.13 bits per heavy atom. The summed E-state index contributed by atoms with van der Waals surface area (Å²) in [5.41, 5.74) is 0. The zero-order valence-electron chi connectivity index (χ0n) is 36.6. The first-order chi connectivity index (χ1) is 26.9. The summed E-state index contributed by atoms with van der Waals surface area (Å²) in [5, 5.41) is 6.49. The van der Waals surface area contributed by atoms with E-state index in [4.69, 9.17) is 4.74 Å². The van der Waals surface area contributed by atoms with Crippen molar-refractivity contribution in [1.29, 1.82) is 0 Å². The molecule has 0 aromatic heterocycles. The predicted molar refractivity (Wildman–Crippen MR) is 238 cm³/mol. The van der Waals surface area contributed by atoms with E-state index in [1.54, 1.807) is 11.8 Å². The minimum absolute atomic E-state index is 0.0316. The first-order valence-corrected chi connectivity index (χ1v) is 24.7. The lowest BCUT2D eigenvalue weighted by Gasteiger charge is -2.31. The lowest BCUT2D eigenvalue weighted by Crippen LogP contribution is -2.53. The number of carbonyl (C=O) groups excluding carboxylic acids is 3. The molecule has 2 N–H and O–H groups in total. The predicted octanol–water partition coefficient (Wildman–Crippen LogP) is 12.1. The Morgan fingerprint density at radius 3 is 1.69 bits per heavy atom. The second-order valence-corrected chi connectivity index (χ2v) is 17.8. The number of hydrogen-bond donors (Lipinski definition) is 2. The van der Waals surface area contributed by atoms with Crippen molar-refractivity contribution in [1.82, 2.24) is 15.5 Å². The Balaban J connectivity index is 2.37. The third kappa shape index (κ3) is 31.2. The molecule has 1 aliphatic rings. The number of hydrogen-bond acceptors (Lipinski definition) is 6. The van der Waals surface area contributed by atoms with Gasteiger partial charge in [-0.1, -0.05) is 155 Å². The molecular weight excluding hydrogens is 703 g/mol. The molecule has 0 radical (unpaired) electrons. The molecule has 1 aliphatic heterocycles. The minimum atomic E-state index is -0.541. The highest BCUT2D eigenvalue weighted by molar-refractivity contribution is 7.99. The summed E-state index contributed by atoms with van der Waals surface area (Å²) in [6.45, 7) is 9.19. The maximum atomic E-state index is 13.7. The van der Waals surface area contributed by atoms with Crippen LogP contribution in [0.15, 0.2) is 12.2 Å². The van der Waals surface area contributed by atoms with E-state index >= 15 is 0 Å². The molecule has 0 saturated carbocycles. The second kappa shape index (κ2) is 38.0. The quantitative estimate of drug-likeness (QED) is 0.0368. The van der Waals surface area contributed by atoms with Gasteiger partial charge in [-0.25, -0.2) is 0 Å². The van der Waals surface area contributed by atoms with E-state index in [9.17, 15) is 14.4 Å². The molecule has 0 spiro atoms. The SMILES string of the molecule is CCCCCCCCC=CCCCCCCCCOC(=O)CCSCCC(NC(=O)C(CCCCCC)CCCCCCCC)C(=O)NC1CCN(C)CC1. The van der Waals surface area contributed by atoms with Gasteiger partial charge in [0.05, 0.1) is 13.0 Å². The topological polar surface area (TPSA) is 87.7 Å². The molecule has 1 rings (SSSR count). The van der Waals surface area contributed by atoms with E-state index in [1.165, 1.54) is 122 Å². The molecule has 1 fully saturated rings. The molecule has 0 aliphatic carbocycles. The molecule has 8 heteroatoms. The van der Waals surface area contributed by atoms with Crippen molar-refractivity contribution in [2.75, 3.05) is 38.2 Å². The Bertz CT molecular complexity index is 939. The molecule has 7 nitrogen and oxygen atoms in total. The third-order valence-electron chi connectivity index (χ3n) is 11.3. The van der Waals surface area contributed by atoms with Crippen molar-refractivity contribution >= 4 is 29.5 Å². The number of unbranched alkanes of at least 4 members (excludes halogenated alkanes) is 20. The van der Waals surface area contributed by atoms with Crippen LogP contribution in [0.2, 0.25) is 0 Å². The summed E-state index contributed by atoms with van der Waals surface area (Å²) in [6, 6.07) is -0.383. The van der Waals surface area contributed by atoms with Crippen LogP contribution >= 0.6 is 11.8 Å². The number of rotatable bonds is 38. The van der Waals surface area contributed by atoms with Crippen LogP contribution in [0.4, 0.5) is 0 Å². The molecular formula is C47H89N3O4S. The number of amides is 2. The van der Waals surface area contributed by atoms with Gasteiger partial charge in [-0.3, -0.25) is 14.4 Å². The molecule has 0 bridgehead atoms. The lowest BCUT2D eigenvalue weighted by atomic mass is 9.93. The fourth-order valence-corrected chi connectivity index (χ4v) is 8.39. The van der Waals surface area contributed by atoms with Gasteiger partial charge in [0.25, 0.3) is 0 Å². The van der Waals surface area contributed by atoms with Crippen molar-refractivity contribution in [2.24, 2.45) is 5.92 Å². The average molecular weight is 792 g/mol. The first kappa shape index (κ1) is 51.5. The van der Waals surface area contributed by atoms with Gasteiger partial charge in [0.15, 0.2) is 0 Å². The number of esters is 1. The fraction of sp³-hybridized carbons (Fsp3) is 0.894. The van der Waals surface area contributed by atoms with Crippen LogP contribution < -0.4 is 10.6 Å². The van der Waals surface area contributed by atoms with Crippen LogP contribution in [0.5, 0.6) is 0 Å². The summed E-state index contributed by atoms with van der Waals surface area (Å²) < 4.78 is 5.52. The number of thioether (sulfide) groups is 1. The average Bonchev–Trinajstić information content (AvgIpc) is 3.18. The van der Waals surface area contributed by atoms with E-state index in [0.29, 0.717) is 31.0 Å². The van der Waals surface area contributed by atoms with Gasteiger partial charge in [-0.15, -0.1) is 0 Å². The normalized spacial score (nSPS) is 15.0. The van der Waals surface area contributed by atoms with Gasteiger partial charge < -0.3 is 20.3 Å². The lowest BCUT2D eigenvalue weighted by molar-refractivity contribution is -0.143. The van der Waals surface area contributed by atoms with Crippen molar-refractivity contribution in [3.8, 4) is 0 Å². The van der Waals surface area contributed by atoms with Crippen LogP contribution in [0.25, 0.3) is 0 Å². The Labute approximate surface area is 344 Å². The highest BCUT2D eigenvalue weighted by Gasteiger charge is 2.27. The van der Waals surface area contributed by atoms with Crippen molar-refractivity contribution in [2.45, 2.75) is 225 Å². The number of nitrogens with one attached hydrogen (secondary N) is 2. The highest BCUT2D eigenvalue weighted by Crippen LogP contribution is 2.21. The largest absolute Gasteiger partial charge is 0.466 e. The smallest absolute Gasteiger partial charge is 0.306 e. The summed E-state index contributed by atoms with van der Waals surface area (Å²) in [7, 11) is 2.12. The maximum Gasteiger partial charge on any atom is 0.306 e. The van der Waals surface area contributed by atoms with E-state index in [2.05, 4.69) is 55.5 Å². The van der Waals surface area contributed by atoms with Gasteiger partial charge in [0.2, 0.25) is 11.8 Å². The monoisotopic (exact) mass is 792 g/mol. The Morgan fingerprint density at radius 1 is 0.636 bits per heavy atom. The second-order valence-electron chi connectivity index (χ2n) is 16.6. The Kier molecular flexibility index (Phi) is 35.6. The van der Waals surface area contributed by atoms with Crippen molar-refractivity contribution < 1.29 is 19.1 Å². The van der Waals surface area contributed by atoms with Crippen LogP contribution in [0, 0.1) is 5.92 Å². The van der Waals surface area contributed by atoms with Gasteiger partial charge in [-0.05, 0) is 90.1 Å². The maximum absolute atomic E-state index is 13.7. The van der Waals surface area contributed by atoms with Crippen LogP contribution in [0.1, 0.15) is 213 Å². The van der Waals surface area contributed by atoms with Crippen LogP contribution in [-0.4, -0.2) is 73.0 Å². The van der Waals surface area contributed by atoms with Gasteiger partial charge in [0.1, 0.15) is 6.04 Å². The standard InChI is InChI=1S/C47H89N3O4S/c1-5-8-11-14-16-17-18-19-20-21-22-23-24-25-27-30-39-54-45(51)36-41-55-40-35-44(47(53)48-43-33-37-50(4)38-34-43)49-46(52)42(31-28-13-10-7-3)32-29-26-15-12-9-6-2/h19-20,42-44H,5-18,21-41H2,1-4H3,(H,48,53)(H,49,52). The highest BCUT2D eigenvalue weighted by atomic mass is 32.2. The van der Waals surface area contributed by atoms with Crippen LogP contribution in [0.3, 0.4) is 0 Å². The molecule has 1 heterocycles. The summed E-state index contributed by atoms with van der Waals surface area (Å²) in [6.07, 6.45) is 39.0. The summed E-state index contributed by atoms with van der Waals surface area (Å²) >= 11 is 1.67. The minimum Gasteiger partial charge on any atom is -0.466 e. The van der Waals surface area contributed by atoms with Crippen molar-refractivity contribution in [3.63, 3.8) is 0 Å². The third-order valence-corrected chi connectivity index (χ3v) is 12.3. The summed E-state index contributed by atoms with van der Waals surface area (Å²) in [5.74, 6) is 1.21. The molecule has 55 heavy (non-hydrogen) atoms. The molecule has 2 atom stereocenters. The van der Waals surface area contributed by atoms with E-state index < -0.39 is 6.04 Å². The molecule has 322 valence electrons. The zero-order valence-corrected chi connectivity index (χ0v) is 37.4. The molecule has 2 amide bonds. The van der Waals surface area contributed by atoms with E-state index in [-0.39, 0.29) is 29.7 Å². The van der Waals surface area contributed by atoms with E-state index in [0.717, 1.165) is 70.9 Å². The summed E-state index contributed by atoms with van der Waals surface area (Å²) in [4.78, 5) is 42.0. The van der Waals surface area contributed by atoms with Gasteiger partial charge in [-0.2, -0.15) is 11.8 Å². The zero-order chi connectivity index (χ0) is 40.0. The number of allylic oxidation sites excluding steroid dienone is 2. The van der Waals surface area contributed by atoms with Gasteiger partial charge >= 0.3 is 5.97 Å². The van der Waals surface area contributed by atoms with Crippen molar-refractivity contribution in [3.05, 3.63) is 12.2 Å². The van der Waals surface area contributed by atoms with E-state index in [1.807, 2.05) is 0 Å². The number of carbonyl (C=O) groups is 3. The number of piperidine rings is 1.